The van der Waals surface area contributed by atoms with E-state index in [1.54, 1.807) is 0 Å². The van der Waals surface area contributed by atoms with Crippen molar-refractivity contribution in [3.63, 3.8) is 0 Å². The van der Waals surface area contributed by atoms with Crippen LogP contribution in [0.25, 0.3) is 0 Å². The Balaban J connectivity index is 2.31. The summed E-state index contributed by atoms with van der Waals surface area (Å²) in [6, 6.07) is 0. The van der Waals surface area contributed by atoms with Gasteiger partial charge < -0.3 is 0 Å². The average molecular weight is 97.2 g/mol. The zero-order valence-electron chi connectivity index (χ0n) is 4.12. The number of hydrogen-bond donors (Lipinski definition) is 0. The van der Waals surface area contributed by atoms with Gasteiger partial charge in [-0.05, 0) is 5.04 Å². The van der Waals surface area contributed by atoms with Gasteiger partial charge in [-0.25, -0.2) is 0 Å². The van der Waals surface area contributed by atoms with Crippen LogP contribution < -0.4 is 0 Å². The summed E-state index contributed by atoms with van der Waals surface area (Å²) in [5.41, 5.74) is 0. The van der Waals surface area contributed by atoms with Crippen LogP contribution in [0.4, 0.5) is 0 Å². The SMILES string of the molecule is CC1([Si])CCC1. The van der Waals surface area contributed by atoms with E-state index in [1.807, 2.05) is 0 Å². The van der Waals surface area contributed by atoms with Crippen molar-refractivity contribution in [3.05, 3.63) is 0 Å². The lowest BCUT2D eigenvalue weighted by Crippen LogP contribution is -2.16. The van der Waals surface area contributed by atoms with E-state index >= 15 is 0 Å². The van der Waals surface area contributed by atoms with Crippen LogP contribution in [0.3, 0.4) is 0 Å². The van der Waals surface area contributed by atoms with Gasteiger partial charge in [0.05, 0.1) is 0 Å². The van der Waals surface area contributed by atoms with E-state index < -0.39 is 0 Å². The van der Waals surface area contributed by atoms with Crippen molar-refractivity contribution in [2.24, 2.45) is 0 Å². The minimum atomic E-state index is 0.528. The standard InChI is InChI=1S/C5H9Si/c1-5(6)3-2-4-5/h2-4H2,1H3. The molecule has 1 fully saturated rings. The van der Waals surface area contributed by atoms with Crippen molar-refractivity contribution in [1.82, 2.24) is 0 Å². The van der Waals surface area contributed by atoms with Gasteiger partial charge in [0.1, 0.15) is 0 Å². The first-order valence-corrected chi connectivity index (χ1v) is 2.96. The molecule has 1 saturated carbocycles. The number of rotatable bonds is 0. The molecule has 3 radical (unpaired) electrons. The lowest BCUT2D eigenvalue weighted by molar-refractivity contribution is 0.370. The predicted octanol–water partition coefficient (Wildman–Crippen LogP) is 1.52. The van der Waals surface area contributed by atoms with E-state index in [9.17, 15) is 0 Å². The molecule has 0 nitrogen and oxygen atoms in total. The van der Waals surface area contributed by atoms with Gasteiger partial charge in [-0.1, -0.05) is 26.2 Å². The molecule has 0 saturated heterocycles. The fraction of sp³-hybridized carbons (Fsp3) is 1.00. The van der Waals surface area contributed by atoms with Gasteiger partial charge in [-0.2, -0.15) is 0 Å². The second kappa shape index (κ2) is 1.09. The van der Waals surface area contributed by atoms with E-state index in [4.69, 9.17) is 0 Å². The van der Waals surface area contributed by atoms with Gasteiger partial charge in [0.2, 0.25) is 0 Å². The van der Waals surface area contributed by atoms with Gasteiger partial charge in [0.25, 0.3) is 0 Å². The van der Waals surface area contributed by atoms with E-state index in [0.29, 0.717) is 5.04 Å². The summed E-state index contributed by atoms with van der Waals surface area (Å²) in [7, 11) is 3.61. The first-order chi connectivity index (χ1) is 2.71. The van der Waals surface area contributed by atoms with Gasteiger partial charge in [0.15, 0.2) is 0 Å². The smallest absolute Gasteiger partial charge is 0.0309 e. The van der Waals surface area contributed by atoms with Crippen LogP contribution in [0.1, 0.15) is 26.2 Å². The molecule has 0 aromatic carbocycles. The Morgan fingerprint density at radius 1 is 1.50 bits per heavy atom. The highest BCUT2D eigenvalue weighted by Gasteiger charge is 2.25. The second-order valence-corrected chi connectivity index (χ2v) is 3.62. The van der Waals surface area contributed by atoms with Crippen molar-refractivity contribution >= 4 is 10.2 Å². The fourth-order valence-electron chi connectivity index (χ4n) is 0.707. The molecule has 33 valence electrons. The molecule has 0 aromatic heterocycles. The third kappa shape index (κ3) is 0.646. The molecule has 0 atom stereocenters. The van der Waals surface area contributed by atoms with Crippen molar-refractivity contribution < 1.29 is 0 Å². The summed E-state index contributed by atoms with van der Waals surface area (Å²) in [5, 5.41) is 0.528. The Bertz CT molecular complexity index is 51.0. The topological polar surface area (TPSA) is 0 Å². The van der Waals surface area contributed by atoms with Crippen molar-refractivity contribution in [2.45, 2.75) is 31.2 Å². The molecular weight excluding hydrogens is 88.1 g/mol. The summed E-state index contributed by atoms with van der Waals surface area (Å²) in [6.45, 7) is 2.24. The van der Waals surface area contributed by atoms with Crippen LogP contribution >= 0.6 is 0 Å². The van der Waals surface area contributed by atoms with Crippen LogP contribution in [0.15, 0.2) is 0 Å². The summed E-state index contributed by atoms with van der Waals surface area (Å²) in [5.74, 6) is 0. The summed E-state index contributed by atoms with van der Waals surface area (Å²) < 4.78 is 0. The van der Waals surface area contributed by atoms with Crippen molar-refractivity contribution in [2.75, 3.05) is 0 Å². The molecule has 6 heavy (non-hydrogen) atoms. The first-order valence-electron chi connectivity index (χ1n) is 2.46. The average Bonchev–Trinajstić information content (AvgIpc) is 1.32. The van der Waals surface area contributed by atoms with Crippen LogP contribution in [0, 0.1) is 0 Å². The van der Waals surface area contributed by atoms with E-state index in [-0.39, 0.29) is 0 Å². The second-order valence-electron chi connectivity index (χ2n) is 2.41. The Hall–Kier alpha value is 0.217. The van der Waals surface area contributed by atoms with E-state index in [0.717, 1.165) is 0 Å². The molecular formula is C5H9Si. The van der Waals surface area contributed by atoms with Gasteiger partial charge in [-0.3, -0.25) is 0 Å². The summed E-state index contributed by atoms with van der Waals surface area (Å²) in [4.78, 5) is 0. The maximum atomic E-state index is 3.61. The van der Waals surface area contributed by atoms with Gasteiger partial charge in [-0.15, -0.1) is 0 Å². The van der Waals surface area contributed by atoms with Crippen LogP contribution in [-0.2, 0) is 0 Å². The maximum Gasteiger partial charge on any atom is 0.0309 e. The molecule has 0 N–H and O–H groups in total. The zero-order valence-corrected chi connectivity index (χ0v) is 5.12. The van der Waals surface area contributed by atoms with E-state index in [2.05, 4.69) is 17.2 Å². The molecule has 0 heterocycles. The quantitative estimate of drug-likeness (QED) is 0.402. The minimum Gasteiger partial charge on any atom is -0.0628 e. The summed E-state index contributed by atoms with van der Waals surface area (Å²) >= 11 is 0. The van der Waals surface area contributed by atoms with Gasteiger partial charge in [0, 0.05) is 10.2 Å². The fourth-order valence-corrected chi connectivity index (χ4v) is 1.06. The predicted molar refractivity (Wildman–Crippen MR) is 28.0 cm³/mol. The highest BCUT2D eigenvalue weighted by Crippen LogP contribution is 2.43. The molecule has 1 heteroatoms. The largest absolute Gasteiger partial charge is 0.0628 e. The molecule has 0 aromatic rings. The molecule has 1 aliphatic carbocycles. The molecule has 0 unspecified atom stereocenters. The maximum absolute atomic E-state index is 3.61. The Morgan fingerprint density at radius 2 is 1.83 bits per heavy atom. The monoisotopic (exact) mass is 97.0 g/mol. The van der Waals surface area contributed by atoms with E-state index in [1.165, 1.54) is 19.3 Å². The molecule has 0 spiro atoms. The zero-order chi connectivity index (χ0) is 4.62. The Labute approximate surface area is 42.4 Å². The third-order valence-electron chi connectivity index (χ3n) is 1.46. The van der Waals surface area contributed by atoms with Crippen LogP contribution in [0.5, 0.6) is 0 Å². The van der Waals surface area contributed by atoms with Crippen molar-refractivity contribution in [1.29, 1.82) is 0 Å². The Morgan fingerprint density at radius 3 is 1.83 bits per heavy atom. The molecule has 0 aliphatic heterocycles. The van der Waals surface area contributed by atoms with Gasteiger partial charge >= 0.3 is 0 Å². The summed E-state index contributed by atoms with van der Waals surface area (Å²) in [6.07, 6.45) is 4.15. The highest BCUT2D eigenvalue weighted by atomic mass is 28.1. The van der Waals surface area contributed by atoms with Crippen LogP contribution in [-0.4, -0.2) is 10.2 Å². The van der Waals surface area contributed by atoms with Crippen molar-refractivity contribution in [3.8, 4) is 0 Å². The molecule has 0 amide bonds. The highest BCUT2D eigenvalue weighted by molar-refractivity contribution is 6.15. The normalized spacial score (nSPS) is 29.0. The van der Waals surface area contributed by atoms with Crippen LogP contribution in [0.2, 0.25) is 5.04 Å². The molecule has 0 bridgehead atoms. The molecule has 1 rings (SSSR count). The first kappa shape index (κ1) is 4.38. The third-order valence-corrected chi connectivity index (χ3v) is 1.96. The lowest BCUT2D eigenvalue weighted by Gasteiger charge is -2.33. The Kier molecular flexibility index (Phi) is 0.797. The number of hydrogen-bond acceptors (Lipinski definition) is 0. The lowest BCUT2D eigenvalue weighted by atomic mass is 9.86. The minimum absolute atomic E-state index is 0.528. The molecule has 1 aliphatic rings.